The van der Waals surface area contributed by atoms with Crippen LogP contribution < -0.4 is 4.90 Å². The number of likely N-dealkylation sites (tertiary alicyclic amines) is 1. The van der Waals surface area contributed by atoms with Crippen LogP contribution in [0, 0.1) is 6.92 Å². The molecule has 1 aliphatic heterocycles. The second kappa shape index (κ2) is 10.2. The smallest absolute Gasteiger partial charge is 0.329 e. The maximum Gasteiger partial charge on any atom is 0.329 e. The molecule has 1 saturated heterocycles. The number of hydrogen-bond acceptors (Lipinski definition) is 4. The van der Waals surface area contributed by atoms with E-state index in [9.17, 15) is 9.59 Å². The van der Waals surface area contributed by atoms with Crippen molar-refractivity contribution in [1.82, 2.24) is 4.90 Å². The first-order chi connectivity index (χ1) is 14.0. The van der Waals surface area contributed by atoms with E-state index in [0.717, 1.165) is 43.7 Å². The number of carboxylic acids is 1. The fraction of sp³-hybridized carbons (Fsp3) is 0.391. The predicted octanol–water partition coefficient (Wildman–Crippen LogP) is 3.21. The minimum Gasteiger partial charge on any atom is -0.480 e. The van der Waals surface area contributed by atoms with Crippen LogP contribution in [0.4, 0.5) is 5.69 Å². The molecule has 29 heavy (non-hydrogen) atoms. The van der Waals surface area contributed by atoms with Gasteiger partial charge < -0.3 is 19.6 Å². The van der Waals surface area contributed by atoms with Gasteiger partial charge in [-0.15, -0.1) is 0 Å². The molecule has 1 aliphatic rings. The van der Waals surface area contributed by atoms with Crippen molar-refractivity contribution in [3.05, 3.63) is 65.7 Å². The lowest BCUT2D eigenvalue weighted by Gasteiger charge is -2.33. The number of amides is 1. The molecule has 2 aromatic rings. The fourth-order valence-corrected chi connectivity index (χ4v) is 3.61. The second-order valence-electron chi connectivity index (χ2n) is 7.41. The number of carboxylic acid groups (broad SMARTS) is 1. The topological polar surface area (TPSA) is 70.1 Å². The summed E-state index contributed by atoms with van der Waals surface area (Å²) in [6.45, 7) is 4.82. The number of aliphatic carboxylic acids is 1. The number of carbonyl (C=O) groups excluding carboxylic acids is 1. The van der Waals surface area contributed by atoms with Crippen LogP contribution in [-0.4, -0.2) is 60.8 Å². The van der Waals surface area contributed by atoms with Gasteiger partial charge in [0.15, 0.2) is 0 Å². The zero-order valence-electron chi connectivity index (χ0n) is 16.8. The molecule has 0 aromatic heterocycles. The SMILES string of the molecule is Cc1cccc(N(CCN2CCC(OCC(=O)O)CC2)C(=O)c2ccccc2)c1. The molecule has 3 rings (SSSR count). The summed E-state index contributed by atoms with van der Waals surface area (Å²) in [6, 6.07) is 17.4. The summed E-state index contributed by atoms with van der Waals surface area (Å²) < 4.78 is 5.41. The van der Waals surface area contributed by atoms with E-state index in [1.54, 1.807) is 0 Å². The third kappa shape index (κ3) is 6.14. The molecule has 1 N–H and O–H groups in total. The number of benzene rings is 2. The van der Waals surface area contributed by atoms with Crippen LogP contribution in [0.15, 0.2) is 54.6 Å². The molecule has 0 radical (unpaired) electrons. The normalized spacial score (nSPS) is 15.2. The van der Waals surface area contributed by atoms with Gasteiger partial charge in [-0.05, 0) is 49.6 Å². The molecular weight excluding hydrogens is 368 g/mol. The van der Waals surface area contributed by atoms with Crippen molar-refractivity contribution in [2.45, 2.75) is 25.9 Å². The third-order valence-electron chi connectivity index (χ3n) is 5.20. The molecule has 0 aliphatic carbocycles. The lowest BCUT2D eigenvalue weighted by atomic mass is 10.1. The number of aryl methyl sites for hydroxylation is 1. The first-order valence-corrected chi connectivity index (χ1v) is 10.0. The van der Waals surface area contributed by atoms with Crippen LogP contribution in [0.25, 0.3) is 0 Å². The number of nitrogens with zero attached hydrogens (tertiary/aromatic N) is 2. The number of piperidine rings is 1. The largest absolute Gasteiger partial charge is 0.480 e. The molecule has 0 saturated carbocycles. The van der Waals surface area contributed by atoms with E-state index in [-0.39, 0.29) is 18.6 Å². The van der Waals surface area contributed by atoms with Crippen molar-refractivity contribution in [1.29, 1.82) is 0 Å². The number of rotatable bonds is 8. The highest BCUT2D eigenvalue weighted by molar-refractivity contribution is 6.06. The quantitative estimate of drug-likeness (QED) is 0.742. The highest BCUT2D eigenvalue weighted by Crippen LogP contribution is 2.20. The average molecular weight is 396 g/mol. The molecule has 0 atom stereocenters. The second-order valence-corrected chi connectivity index (χ2v) is 7.41. The lowest BCUT2D eigenvalue weighted by molar-refractivity contribution is -0.145. The summed E-state index contributed by atoms with van der Waals surface area (Å²) in [5.74, 6) is -0.934. The zero-order valence-corrected chi connectivity index (χ0v) is 16.8. The average Bonchev–Trinajstić information content (AvgIpc) is 2.74. The molecule has 0 unspecified atom stereocenters. The Hall–Kier alpha value is -2.70. The monoisotopic (exact) mass is 396 g/mol. The molecule has 6 nitrogen and oxygen atoms in total. The molecule has 0 bridgehead atoms. The lowest BCUT2D eigenvalue weighted by Crippen LogP contribution is -2.43. The van der Waals surface area contributed by atoms with Gasteiger partial charge in [0.25, 0.3) is 5.91 Å². The minimum absolute atomic E-state index is 0.00109. The van der Waals surface area contributed by atoms with Gasteiger partial charge >= 0.3 is 5.97 Å². The molecule has 1 amide bonds. The summed E-state index contributed by atoms with van der Waals surface area (Å²) in [4.78, 5) is 28.0. The van der Waals surface area contributed by atoms with Crippen molar-refractivity contribution < 1.29 is 19.4 Å². The first kappa shape index (κ1) is 21.0. The molecule has 2 aromatic carbocycles. The number of hydrogen-bond donors (Lipinski definition) is 1. The van der Waals surface area contributed by atoms with Gasteiger partial charge in [-0.25, -0.2) is 4.79 Å². The van der Waals surface area contributed by atoms with Crippen molar-refractivity contribution >= 4 is 17.6 Å². The van der Waals surface area contributed by atoms with Gasteiger partial charge in [0.1, 0.15) is 6.61 Å². The van der Waals surface area contributed by atoms with Crippen molar-refractivity contribution in [2.24, 2.45) is 0 Å². The van der Waals surface area contributed by atoms with Gasteiger partial charge in [-0.3, -0.25) is 4.79 Å². The van der Waals surface area contributed by atoms with Crippen LogP contribution in [0.5, 0.6) is 0 Å². The van der Waals surface area contributed by atoms with Crippen molar-refractivity contribution in [3.8, 4) is 0 Å². The Kier molecular flexibility index (Phi) is 7.38. The van der Waals surface area contributed by atoms with E-state index >= 15 is 0 Å². The number of anilines is 1. The fourth-order valence-electron chi connectivity index (χ4n) is 3.61. The van der Waals surface area contributed by atoms with Crippen LogP contribution in [0.1, 0.15) is 28.8 Å². The van der Waals surface area contributed by atoms with Gasteiger partial charge in [-0.1, -0.05) is 30.3 Å². The van der Waals surface area contributed by atoms with Gasteiger partial charge in [0, 0.05) is 37.4 Å². The molecule has 154 valence electrons. The van der Waals surface area contributed by atoms with E-state index in [2.05, 4.69) is 4.90 Å². The van der Waals surface area contributed by atoms with E-state index in [1.807, 2.05) is 66.4 Å². The van der Waals surface area contributed by atoms with Gasteiger partial charge in [0.05, 0.1) is 6.10 Å². The third-order valence-corrected chi connectivity index (χ3v) is 5.20. The summed E-state index contributed by atoms with van der Waals surface area (Å²) in [6.07, 6.45) is 1.62. The Morgan fingerprint density at radius 3 is 2.48 bits per heavy atom. The van der Waals surface area contributed by atoms with Crippen molar-refractivity contribution in [2.75, 3.05) is 37.7 Å². The molecule has 1 fully saturated rings. The highest BCUT2D eigenvalue weighted by Gasteiger charge is 2.23. The Labute approximate surface area is 171 Å². The number of ether oxygens (including phenoxy) is 1. The summed E-state index contributed by atoms with van der Waals surface area (Å²) in [5, 5.41) is 8.74. The first-order valence-electron chi connectivity index (χ1n) is 10.0. The zero-order chi connectivity index (χ0) is 20.6. The predicted molar refractivity (Wildman–Crippen MR) is 112 cm³/mol. The Balaban J connectivity index is 1.62. The molecule has 0 spiro atoms. The number of carbonyl (C=O) groups is 2. The van der Waals surface area contributed by atoms with E-state index in [4.69, 9.17) is 9.84 Å². The molecule has 6 heteroatoms. The molecule has 1 heterocycles. The minimum atomic E-state index is -0.930. The summed E-state index contributed by atoms with van der Waals surface area (Å²) in [7, 11) is 0. The maximum absolute atomic E-state index is 13.2. The molecular formula is C23H28N2O4. The van der Waals surface area contributed by atoms with Crippen LogP contribution >= 0.6 is 0 Å². The highest BCUT2D eigenvalue weighted by atomic mass is 16.5. The summed E-state index contributed by atoms with van der Waals surface area (Å²) >= 11 is 0. The standard InChI is InChI=1S/C23H28N2O4/c1-18-6-5-9-20(16-18)25(23(28)19-7-3-2-4-8-19)15-14-24-12-10-21(11-13-24)29-17-22(26)27/h2-9,16,21H,10-15,17H2,1H3,(H,26,27). The van der Waals surface area contributed by atoms with Crippen LogP contribution in [0.3, 0.4) is 0 Å². The Bertz CT molecular complexity index is 817. The van der Waals surface area contributed by atoms with E-state index < -0.39 is 5.97 Å². The Morgan fingerprint density at radius 2 is 1.83 bits per heavy atom. The van der Waals surface area contributed by atoms with Crippen molar-refractivity contribution in [3.63, 3.8) is 0 Å². The van der Waals surface area contributed by atoms with Crippen LogP contribution in [-0.2, 0) is 9.53 Å². The Morgan fingerprint density at radius 1 is 1.10 bits per heavy atom. The summed E-state index contributed by atoms with van der Waals surface area (Å²) in [5.41, 5.74) is 2.69. The van der Waals surface area contributed by atoms with E-state index in [0.29, 0.717) is 12.1 Å². The maximum atomic E-state index is 13.2. The van der Waals surface area contributed by atoms with Gasteiger partial charge in [-0.2, -0.15) is 0 Å². The van der Waals surface area contributed by atoms with Gasteiger partial charge in [0.2, 0.25) is 0 Å². The van der Waals surface area contributed by atoms with E-state index in [1.165, 1.54) is 0 Å². The van der Waals surface area contributed by atoms with Crippen LogP contribution in [0.2, 0.25) is 0 Å².